The quantitative estimate of drug-likeness (QED) is 0.665. The van der Waals surface area contributed by atoms with Crippen molar-refractivity contribution in [2.75, 3.05) is 32.1 Å². The Morgan fingerprint density at radius 1 is 1.16 bits per heavy atom. The monoisotopic (exact) mass is 265 g/mol. The van der Waals surface area contributed by atoms with Crippen LogP contribution < -0.4 is 20.7 Å². The van der Waals surface area contributed by atoms with Gasteiger partial charge >= 0.3 is 0 Å². The zero-order valence-corrected chi connectivity index (χ0v) is 11.2. The van der Waals surface area contributed by atoms with Crippen molar-refractivity contribution in [1.29, 1.82) is 0 Å². The number of carbonyl (C=O) groups is 2. The van der Waals surface area contributed by atoms with E-state index in [-0.39, 0.29) is 24.9 Å². The fraction of sp³-hybridized carbons (Fsp3) is 0.385. The minimum atomic E-state index is -0.226. The summed E-state index contributed by atoms with van der Waals surface area (Å²) in [7, 11) is 1.54. The van der Waals surface area contributed by atoms with Crippen LogP contribution in [0.2, 0.25) is 0 Å². The molecule has 0 atom stereocenters. The van der Waals surface area contributed by atoms with Gasteiger partial charge in [-0.3, -0.25) is 14.9 Å². The Labute approximate surface area is 112 Å². The van der Waals surface area contributed by atoms with Gasteiger partial charge in [-0.05, 0) is 19.1 Å². The summed E-state index contributed by atoms with van der Waals surface area (Å²) in [5, 5.41) is 7.93. The highest BCUT2D eigenvalue weighted by Crippen LogP contribution is 2.23. The second-order valence-corrected chi connectivity index (χ2v) is 3.75. The molecular weight excluding hydrogens is 246 g/mol. The Bertz CT molecular complexity index is 435. The fourth-order valence-electron chi connectivity index (χ4n) is 1.42. The normalized spacial score (nSPS) is 9.79. The van der Waals surface area contributed by atoms with E-state index in [1.165, 1.54) is 0 Å². The Hall–Kier alpha value is -2.08. The SMILES string of the molecule is CCOc1ccccc1NC(=O)CNCC(=O)NC. The van der Waals surface area contributed by atoms with Crippen LogP contribution in [0, 0.1) is 0 Å². The average Bonchev–Trinajstić information content (AvgIpc) is 2.41. The van der Waals surface area contributed by atoms with Crippen LogP contribution in [0.3, 0.4) is 0 Å². The van der Waals surface area contributed by atoms with Gasteiger partial charge in [0.2, 0.25) is 11.8 Å². The van der Waals surface area contributed by atoms with Crippen molar-refractivity contribution in [2.24, 2.45) is 0 Å². The summed E-state index contributed by atoms with van der Waals surface area (Å²) in [5.41, 5.74) is 0.621. The van der Waals surface area contributed by atoms with Gasteiger partial charge < -0.3 is 15.4 Å². The maximum absolute atomic E-state index is 11.7. The number of nitrogens with one attached hydrogen (secondary N) is 3. The van der Waals surface area contributed by atoms with Gasteiger partial charge in [0.05, 0.1) is 25.4 Å². The number of benzene rings is 1. The first-order valence-corrected chi connectivity index (χ1v) is 6.10. The van der Waals surface area contributed by atoms with Crippen LogP contribution in [0.4, 0.5) is 5.69 Å². The Kier molecular flexibility index (Phi) is 6.38. The van der Waals surface area contributed by atoms with Crippen LogP contribution in [-0.4, -0.2) is 38.6 Å². The van der Waals surface area contributed by atoms with E-state index in [2.05, 4.69) is 16.0 Å². The molecule has 0 heterocycles. The minimum absolute atomic E-state index is 0.0634. The van der Waals surface area contributed by atoms with E-state index in [0.717, 1.165) is 0 Å². The molecule has 0 spiro atoms. The molecule has 0 bridgehead atoms. The molecule has 19 heavy (non-hydrogen) atoms. The average molecular weight is 265 g/mol. The first kappa shape index (κ1) is 15.0. The summed E-state index contributed by atoms with van der Waals surface area (Å²) in [6.45, 7) is 2.58. The summed E-state index contributed by atoms with van der Waals surface area (Å²) in [4.78, 5) is 22.6. The highest BCUT2D eigenvalue weighted by molar-refractivity contribution is 5.94. The molecule has 0 unspecified atom stereocenters. The number of carbonyl (C=O) groups excluding carboxylic acids is 2. The third-order valence-corrected chi connectivity index (χ3v) is 2.31. The third kappa shape index (κ3) is 5.39. The second kappa shape index (κ2) is 8.10. The lowest BCUT2D eigenvalue weighted by Gasteiger charge is -2.11. The number of hydrogen-bond acceptors (Lipinski definition) is 4. The van der Waals surface area contributed by atoms with Crippen molar-refractivity contribution in [1.82, 2.24) is 10.6 Å². The molecule has 0 radical (unpaired) electrons. The van der Waals surface area contributed by atoms with Gasteiger partial charge in [0.15, 0.2) is 0 Å². The minimum Gasteiger partial charge on any atom is -0.492 e. The van der Waals surface area contributed by atoms with Gasteiger partial charge in [-0.25, -0.2) is 0 Å². The number of rotatable bonds is 7. The molecule has 0 aliphatic heterocycles. The first-order valence-electron chi connectivity index (χ1n) is 6.10. The molecule has 0 aliphatic rings. The van der Waals surface area contributed by atoms with Gasteiger partial charge in [-0.1, -0.05) is 12.1 Å². The van der Waals surface area contributed by atoms with Gasteiger partial charge in [0.1, 0.15) is 5.75 Å². The highest BCUT2D eigenvalue weighted by atomic mass is 16.5. The number of likely N-dealkylation sites (N-methyl/N-ethyl adjacent to an activating group) is 1. The topological polar surface area (TPSA) is 79.5 Å². The van der Waals surface area contributed by atoms with Crippen LogP contribution in [0.5, 0.6) is 5.75 Å². The van der Waals surface area contributed by atoms with Crippen molar-refractivity contribution < 1.29 is 14.3 Å². The third-order valence-electron chi connectivity index (χ3n) is 2.31. The van der Waals surface area contributed by atoms with E-state index < -0.39 is 0 Å². The van der Waals surface area contributed by atoms with Crippen molar-refractivity contribution in [3.05, 3.63) is 24.3 Å². The molecule has 0 aromatic heterocycles. The zero-order chi connectivity index (χ0) is 14.1. The Morgan fingerprint density at radius 2 is 1.84 bits per heavy atom. The summed E-state index contributed by atoms with van der Waals surface area (Å²) in [5.74, 6) is 0.239. The van der Waals surface area contributed by atoms with Crippen molar-refractivity contribution >= 4 is 17.5 Å². The molecule has 1 rings (SSSR count). The van der Waals surface area contributed by atoms with E-state index >= 15 is 0 Å². The lowest BCUT2D eigenvalue weighted by molar-refractivity contribution is -0.120. The lowest BCUT2D eigenvalue weighted by Crippen LogP contribution is -2.36. The summed E-state index contributed by atoms with van der Waals surface area (Å²) >= 11 is 0. The van der Waals surface area contributed by atoms with Crippen LogP contribution in [0.1, 0.15) is 6.92 Å². The standard InChI is InChI=1S/C13H19N3O3/c1-3-19-11-7-5-4-6-10(11)16-13(18)9-15-8-12(17)14-2/h4-7,15H,3,8-9H2,1-2H3,(H,14,17)(H,16,18). The second-order valence-electron chi connectivity index (χ2n) is 3.75. The number of para-hydroxylation sites is 2. The molecule has 104 valence electrons. The number of anilines is 1. The van der Waals surface area contributed by atoms with Crippen molar-refractivity contribution in [3.63, 3.8) is 0 Å². The molecule has 6 nitrogen and oxygen atoms in total. The molecule has 3 N–H and O–H groups in total. The predicted molar refractivity (Wildman–Crippen MR) is 73.2 cm³/mol. The molecule has 0 saturated heterocycles. The molecule has 2 amide bonds. The maximum Gasteiger partial charge on any atom is 0.238 e. The van der Waals surface area contributed by atoms with Crippen LogP contribution >= 0.6 is 0 Å². The van der Waals surface area contributed by atoms with Gasteiger partial charge in [-0.15, -0.1) is 0 Å². The first-order chi connectivity index (χ1) is 9.17. The van der Waals surface area contributed by atoms with Gasteiger partial charge in [-0.2, -0.15) is 0 Å². The maximum atomic E-state index is 11.7. The van der Waals surface area contributed by atoms with E-state index in [4.69, 9.17) is 4.74 Å². The zero-order valence-electron chi connectivity index (χ0n) is 11.2. The Balaban J connectivity index is 2.45. The summed E-state index contributed by atoms with van der Waals surface area (Å²) in [6.07, 6.45) is 0. The van der Waals surface area contributed by atoms with Crippen molar-refractivity contribution in [3.8, 4) is 5.75 Å². The van der Waals surface area contributed by atoms with E-state index in [1.807, 2.05) is 19.1 Å². The predicted octanol–water partition coefficient (Wildman–Crippen LogP) is 0.359. The molecular formula is C13H19N3O3. The van der Waals surface area contributed by atoms with E-state index in [9.17, 15) is 9.59 Å². The molecule has 1 aromatic rings. The summed E-state index contributed by atoms with van der Waals surface area (Å²) in [6, 6.07) is 7.21. The van der Waals surface area contributed by atoms with Crippen LogP contribution in [0.25, 0.3) is 0 Å². The lowest BCUT2D eigenvalue weighted by atomic mass is 10.3. The molecule has 0 fully saturated rings. The number of amides is 2. The largest absolute Gasteiger partial charge is 0.492 e. The molecule has 1 aromatic carbocycles. The highest BCUT2D eigenvalue weighted by Gasteiger charge is 2.07. The Morgan fingerprint density at radius 3 is 2.53 bits per heavy atom. The van der Waals surface area contributed by atoms with E-state index in [0.29, 0.717) is 18.0 Å². The van der Waals surface area contributed by atoms with Crippen molar-refractivity contribution in [2.45, 2.75) is 6.92 Å². The number of ether oxygens (including phenoxy) is 1. The van der Waals surface area contributed by atoms with Gasteiger partial charge in [0.25, 0.3) is 0 Å². The smallest absolute Gasteiger partial charge is 0.238 e. The van der Waals surface area contributed by atoms with Crippen LogP contribution in [0.15, 0.2) is 24.3 Å². The number of hydrogen-bond donors (Lipinski definition) is 3. The summed E-state index contributed by atoms with van der Waals surface area (Å²) < 4.78 is 5.40. The molecule has 0 aliphatic carbocycles. The fourth-order valence-corrected chi connectivity index (χ4v) is 1.42. The molecule has 6 heteroatoms. The van der Waals surface area contributed by atoms with Crippen LogP contribution in [-0.2, 0) is 9.59 Å². The molecule has 0 saturated carbocycles. The van der Waals surface area contributed by atoms with E-state index in [1.54, 1.807) is 19.2 Å². The van der Waals surface area contributed by atoms with Gasteiger partial charge in [0, 0.05) is 7.05 Å².